The number of nitrogens with one attached hydrogen (secondary N) is 1. The van der Waals surface area contributed by atoms with Crippen LogP contribution >= 0.6 is 11.6 Å². The van der Waals surface area contributed by atoms with Gasteiger partial charge in [-0.05, 0) is 37.6 Å². The Bertz CT molecular complexity index is 1050. The zero-order valence-electron chi connectivity index (χ0n) is 14.8. The number of aromatic nitrogens is 3. The van der Waals surface area contributed by atoms with Gasteiger partial charge in [-0.25, -0.2) is 27.2 Å². The number of carbonyl (C=O) groups excluding carboxylic acids is 1. The lowest BCUT2D eigenvalue weighted by molar-refractivity contribution is -0.116. The van der Waals surface area contributed by atoms with E-state index in [1.807, 2.05) is 0 Å². The molecular weight excluding hydrogens is 400 g/mol. The van der Waals surface area contributed by atoms with Crippen molar-refractivity contribution < 1.29 is 22.4 Å². The van der Waals surface area contributed by atoms with Crippen molar-refractivity contribution in [2.24, 2.45) is 0 Å². The topological polar surface area (TPSA) is 59.8 Å². The monoisotopic (exact) mass is 414 g/mol. The summed E-state index contributed by atoms with van der Waals surface area (Å²) in [5.74, 6) is -0.530. The van der Waals surface area contributed by atoms with Gasteiger partial charge in [-0.1, -0.05) is 17.7 Å². The Morgan fingerprint density at radius 1 is 1.18 bits per heavy atom. The van der Waals surface area contributed by atoms with Crippen LogP contribution in [0.2, 0.25) is 5.02 Å². The predicted octanol–water partition coefficient (Wildman–Crippen LogP) is 5.22. The Kier molecular flexibility index (Phi) is 5.55. The van der Waals surface area contributed by atoms with E-state index in [-0.39, 0.29) is 16.7 Å². The van der Waals surface area contributed by atoms with Crippen molar-refractivity contribution >= 4 is 34.2 Å². The van der Waals surface area contributed by atoms with Crippen molar-refractivity contribution in [2.75, 3.05) is 5.32 Å². The number of alkyl halides is 4. The van der Waals surface area contributed by atoms with Crippen molar-refractivity contribution in [1.82, 2.24) is 14.8 Å². The molecule has 0 aliphatic carbocycles. The lowest BCUT2D eigenvalue weighted by atomic mass is 10.1. The number of pyridine rings is 1. The van der Waals surface area contributed by atoms with E-state index in [0.717, 1.165) is 10.2 Å². The second-order valence-electron chi connectivity index (χ2n) is 6.19. The van der Waals surface area contributed by atoms with Gasteiger partial charge in [0.15, 0.2) is 5.65 Å². The maximum Gasteiger partial charge on any atom is 0.280 e. The SMILES string of the molecule is Cc1ccc(Cl)cc1NC(=O)Cn1nc(C)c2c(C(F)F)cc(C(F)F)nc21. The molecular formula is C18H15ClF4N4O. The quantitative estimate of drug-likeness (QED) is 0.582. The zero-order valence-corrected chi connectivity index (χ0v) is 15.6. The van der Waals surface area contributed by atoms with Gasteiger partial charge in [0.2, 0.25) is 5.91 Å². The van der Waals surface area contributed by atoms with Crippen LogP contribution in [-0.4, -0.2) is 20.7 Å². The molecule has 0 aliphatic rings. The zero-order chi connectivity index (χ0) is 20.6. The van der Waals surface area contributed by atoms with Crippen LogP contribution in [0.5, 0.6) is 0 Å². The normalized spacial score (nSPS) is 11.6. The van der Waals surface area contributed by atoms with Gasteiger partial charge in [-0.2, -0.15) is 5.10 Å². The van der Waals surface area contributed by atoms with Crippen molar-refractivity contribution in [3.05, 3.63) is 51.8 Å². The van der Waals surface area contributed by atoms with Crippen LogP contribution in [0.25, 0.3) is 11.0 Å². The van der Waals surface area contributed by atoms with Crippen molar-refractivity contribution in [2.45, 2.75) is 33.2 Å². The third-order valence-electron chi connectivity index (χ3n) is 4.15. The van der Waals surface area contributed by atoms with E-state index in [1.54, 1.807) is 25.1 Å². The molecule has 0 unspecified atom stereocenters. The highest BCUT2D eigenvalue weighted by atomic mass is 35.5. The maximum absolute atomic E-state index is 13.4. The van der Waals surface area contributed by atoms with Gasteiger partial charge in [0, 0.05) is 16.3 Å². The molecule has 0 radical (unpaired) electrons. The minimum atomic E-state index is -3.03. The summed E-state index contributed by atoms with van der Waals surface area (Å²) < 4.78 is 53.9. The van der Waals surface area contributed by atoms with Crippen LogP contribution in [0.4, 0.5) is 23.2 Å². The fourth-order valence-electron chi connectivity index (χ4n) is 2.86. The van der Waals surface area contributed by atoms with E-state index in [0.29, 0.717) is 16.8 Å². The minimum Gasteiger partial charge on any atom is -0.324 e. The van der Waals surface area contributed by atoms with E-state index in [2.05, 4.69) is 15.4 Å². The number of carbonyl (C=O) groups is 1. The van der Waals surface area contributed by atoms with E-state index in [4.69, 9.17) is 11.6 Å². The van der Waals surface area contributed by atoms with Gasteiger partial charge >= 0.3 is 0 Å². The average molecular weight is 415 g/mol. The first-order valence-corrected chi connectivity index (χ1v) is 8.55. The first kappa shape index (κ1) is 20.1. The summed E-state index contributed by atoms with van der Waals surface area (Å²) >= 11 is 5.92. The molecule has 1 N–H and O–H groups in total. The number of aryl methyl sites for hydroxylation is 2. The van der Waals surface area contributed by atoms with Crippen LogP contribution in [-0.2, 0) is 11.3 Å². The van der Waals surface area contributed by atoms with Gasteiger partial charge in [0.1, 0.15) is 12.2 Å². The van der Waals surface area contributed by atoms with E-state index in [1.165, 1.54) is 6.92 Å². The number of benzene rings is 1. The molecule has 0 bridgehead atoms. The van der Waals surface area contributed by atoms with Crippen molar-refractivity contribution in [1.29, 1.82) is 0 Å². The summed E-state index contributed by atoms with van der Waals surface area (Å²) in [5, 5.41) is 7.07. The fraction of sp³-hybridized carbons (Fsp3) is 0.278. The van der Waals surface area contributed by atoms with Crippen LogP contribution in [0, 0.1) is 13.8 Å². The summed E-state index contributed by atoms with van der Waals surface area (Å²) in [4.78, 5) is 16.1. The highest BCUT2D eigenvalue weighted by Gasteiger charge is 2.24. The number of nitrogens with zero attached hydrogens (tertiary/aromatic N) is 3. The molecule has 28 heavy (non-hydrogen) atoms. The van der Waals surface area contributed by atoms with Crippen LogP contribution in [0.3, 0.4) is 0 Å². The Morgan fingerprint density at radius 2 is 1.89 bits per heavy atom. The van der Waals surface area contributed by atoms with Crippen LogP contribution in [0.1, 0.15) is 35.4 Å². The third-order valence-corrected chi connectivity index (χ3v) is 4.39. The summed E-state index contributed by atoms with van der Waals surface area (Å²) in [5.41, 5.74) is -0.170. The van der Waals surface area contributed by atoms with Gasteiger partial charge in [0.05, 0.1) is 11.1 Å². The Labute approximate surface area is 162 Å². The molecule has 5 nitrogen and oxygen atoms in total. The molecule has 3 aromatic rings. The van der Waals surface area contributed by atoms with Crippen LogP contribution < -0.4 is 5.32 Å². The summed E-state index contributed by atoms with van der Waals surface area (Å²) in [6, 6.07) is 5.62. The first-order chi connectivity index (χ1) is 13.2. The number of hydrogen-bond donors (Lipinski definition) is 1. The molecule has 2 heterocycles. The van der Waals surface area contributed by atoms with E-state index in [9.17, 15) is 22.4 Å². The average Bonchev–Trinajstić information content (AvgIpc) is 2.93. The molecule has 0 saturated carbocycles. The van der Waals surface area contributed by atoms with Gasteiger partial charge in [-0.15, -0.1) is 0 Å². The van der Waals surface area contributed by atoms with E-state index >= 15 is 0 Å². The van der Waals surface area contributed by atoms with Gasteiger partial charge < -0.3 is 5.32 Å². The molecule has 1 aromatic carbocycles. The number of fused-ring (bicyclic) bond motifs is 1. The maximum atomic E-state index is 13.4. The number of halogens is 5. The molecule has 3 rings (SSSR count). The number of hydrogen-bond acceptors (Lipinski definition) is 3. The molecule has 0 fully saturated rings. The Morgan fingerprint density at radius 3 is 2.54 bits per heavy atom. The summed E-state index contributed by atoms with van der Waals surface area (Å²) in [7, 11) is 0. The molecule has 0 saturated heterocycles. The van der Waals surface area contributed by atoms with Gasteiger partial charge in [0.25, 0.3) is 12.9 Å². The highest BCUT2D eigenvalue weighted by molar-refractivity contribution is 6.31. The lowest BCUT2D eigenvalue weighted by Gasteiger charge is -2.10. The lowest BCUT2D eigenvalue weighted by Crippen LogP contribution is -2.20. The van der Waals surface area contributed by atoms with Crippen molar-refractivity contribution in [3.8, 4) is 0 Å². The molecule has 0 atom stereocenters. The summed E-state index contributed by atoms with van der Waals surface area (Å²) in [6.45, 7) is 2.83. The predicted molar refractivity (Wildman–Crippen MR) is 97.0 cm³/mol. The van der Waals surface area contributed by atoms with Crippen LogP contribution in [0.15, 0.2) is 24.3 Å². The Hall–Kier alpha value is -2.68. The number of amides is 1. The first-order valence-electron chi connectivity index (χ1n) is 8.17. The minimum absolute atomic E-state index is 0.0360. The van der Waals surface area contributed by atoms with Crippen molar-refractivity contribution in [3.63, 3.8) is 0 Å². The molecule has 148 valence electrons. The molecule has 10 heteroatoms. The van der Waals surface area contributed by atoms with Gasteiger partial charge in [-0.3, -0.25) is 4.79 Å². The number of anilines is 1. The third kappa shape index (κ3) is 3.94. The molecule has 0 aliphatic heterocycles. The standard InChI is InChI=1S/C18H15ClF4N4O/c1-8-3-4-10(19)5-12(8)24-14(28)7-27-18-15(9(2)26-27)11(16(20)21)6-13(25-18)17(22)23/h3-6,16-17H,7H2,1-2H3,(H,24,28). The fourth-order valence-corrected chi connectivity index (χ4v) is 3.03. The Balaban J connectivity index is 1.99. The second kappa shape index (κ2) is 7.75. The molecule has 0 spiro atoms. The second-order valence-corrected chi connectivity index (χ2v) is 6.62. The smallest absolute Gasteiger partial charge is 0.280 e. The van der Waals surface area contributed by atoms with E-state index < -0.39 is 36.6 Å². The highest BCUT2D eigenvalue weighted by Crippen LogP contribution is 2.32. The largest absolute Gasteiger partial charge is 0.324 e. The summed E-state index contributed by atoms with van der Waals surface area (Å²) in [6.07, 6.45) is -6.02. The number of rotatable bonds is 5. The molecule has 1 amide bonds. The molecule has 2 aromatic heterocycles.